The molecule has 0 fully saturated rings. The Labute approximate surface area is 93.7 Å². The van der Waals surface area contributed by atoms with Crippen LogP contribution in [0.5, 0.6) is 0 Å². The van der Waals surface area contributed by atoms with Crippen LogP contribution in [0.3, 0.4) is 0 Å². The number of alkyl halides is 1. The van der Waals surface area contributed by atoms with E-state index in [4.69, 9.17) is 10.3 Å². The fraction of sp³-hybridized carbons (Fsp3) is 0.455. The van der Waals surface area contributed by atoms with Crippen molar-refractivity contribution in [3.8, 4) is 0 Å². The van der Waals surface area contributed by atoms with E-state index in [2.05, 4.69) is 10.0 Å². The van der Waals surface area contributed by atoms with Gasteiger partial charge in [-0.3, -0.25) is 4.39 Å². The average molecular weight is 223 g/mol. The second kappa shape index (κ2) is 6.10. The molecule has 1 aromatic rings. The van der Waals surface area contributed by atoms with Crippen molar-refractivity contribution in [1.82, 2.24) is 0 Å². The van der Waals surface area contributed by atoms with Crippen molar-refractivity contribution in [1.29, 1.82) is 0 Å². The number of azide groups is 1. The Bertz CT molecular complexity index is 373. The summed E-state index contributed by atoms with van der Waals surface area (Å²) in [4.78, 5) is 2.62. The first-order chi connectivity index (χ1) is 7.72. The molecule has 1 aromatic carbocycles. The molecule has 0 heterocycles. The lowest BCUT2D eigenvalue weighted by molar-refractivity contribution is 0.0722. The summed E-state index contributed by atoms with van der Waals surface area (Å²) >= 11 is 0. The number of hydrogen-bond acceptors (Lipinski definition) is 2. The summed E-state index contributed by atoms with van der Waals surface area (Å²) in [7, 11) is 1.47. The maximum Gasteiger partial charge on any atom is 0.101 e. The monoisotopic (exact) mass is 223 g/mol. The van der Waals surface area contributed by atoms with Gasteiger partial charge in [-0.1, -0.05) is 34.9 Å². The molecule has 0 spiro atoms. The third-order valence-corrected chi connectivity index (χ3v) is 2.37. The van der Waals surface area contributed by atoms with E-state index in [1.54, 1.807) is 0 Å². The summed E-state index contributed by atoms with van der Waals surface area (Å²) < 4.78 is 17.9. The minimum Gasteiger partial charge on any atom is -0.376 e. The van der Waals surface area contributed by atoms with Gasteiger partial charge in [0.25, 0.3) is 0 Å². The van der Waals surface area contributed by atoms with Crippen LogP contribution in [0.4, 0.5) is 4.39 Å². The number of benzene rings is 1. The maximum absolute atomic E-state index is 12.7. The highest BCUT2D eigenvalue weighted by atomic mass is 19.1. The molecule has 0 saturated heterocycles. The molecule has 1 rings (SSSR count). The first kappa shape index (κ1) is 12.5. The largest absolute Gasteiger partial charge is 0.376 e. The molecule has 0 N–H and O–H groups in total. The van der Waals surface area contributed by atoms with Crippen LogP contribution in [0.1, 0.15) is 17.2 Å². The van der Waals surface area contributed by atoms with E-state index in [1.807, 2.05) is 31.2 Å². The highest BCUT2D eigenvalue weighted by Crippen LogP contribution is 2.23. The van der Waals surface area contributed by atoms with Crippen molar-refractivity contribution in [2.75, 3.05) is 13.8 Å². The molecule has 0 saturated carbocycles. The zero-order valence-corrected chi connectivity index (χ0v) is 9.30. The van der Waals surface area contributed by atoms with Crippen LogP contribution in [0.15, 0.2) is 29.4 Å². The van der Waals surface area contributed by atoms with Gasteiger partial charge in [0.1, 0.15) is 6.67 Å². The normalized spacial score (nSPS) is 13.9. The number of nitrogens with zero attached hydrogens (tertiary/aromatic N) is 3. The molecule has 0 amide bonds. The number of rotatable bonds is 5. The van der Waals surface area contributed by atoms with Crippen LogP contribution >= 0.6 is 0 Å². The number of methoxy groups -OCH3 is 1. The fourth-order valence-corrected chi connectivity index (χ4v) is 1.51. The molecule has 0 bridgehead atoms. The van der Waals surface area contributed by atoms with Gasteiger partial charge in [-0.15, -0.1) is 0 Å². The van der Waals surface area contributed by atoms with E-state index in [0.717, 1.165) is 11.1 Å². The molecule has 5 heteroatoms. The Balaban J connectivity index is 2.96. The van der Waals surface area contributed by atoms with Crippen molar-refractivity contribution < 1.29 is 9.13 Å². The molecule has 86 valence electrons. The molecule has 0 aliphatic rings. The van der Waals surface area contributed by atoms with E-state index >= 15 is 0 Å². The highest BCUT2D eigenvalue weighted by Gasteiger charge is 2.21. The van der Waals surface area contributed by atoms with Crippen molar-refractivity contribution in [3.05, 3.63) is 45.8 Å². The van der Waals surface area contributed by atoms with Crippen LogP contribution in [0.2, 0.25) is 0 Å². The lowest BCUT2D eigenvalue weighted by atomic mass is 10.0. The molecule has 0 aliphatic carbocycles. The average Bonchev–Trinajstić information content (AvgIpc) is 2.31. The van der Waals surface area contributed by atoms with Crippen LogP contribution in [0.25, 0.3) is 10.4 Å². The number of aryl methyl sites for hydroxylation is 1. The van der Waals surface area contributed by atoms with Gasteiger partial charge < -0.3 is 4.74 Å². The molecule has 4 nitrogen and oxygen atoms in total. The topological polar surface area (TPSA) is 58.0 Å². The predicted molar refractivity (Wildman–Crippen MR) is 59.8 cm³/mol. The summed E-state index contributed by atoms with van der Waals surface area (Å²) in [6.45, 7) is 1.22. The van der Waals surface area contributed by atoms with Gasteiger partial charge in [0.2, 0.25) is 0 Å². The van der Waals surface area contributed by atoms with E-state index < -0.39 is 18.8 Å². The molecule has 0 radical (unpaired) electrons. The van der Waals surface area contributed by atoms with E-state index in [9.17, 15) is 4.39 Å². The molecule has 0 aromatic heterocycles. The summed E-state index contributed by atoms with van der Waals surface area (Å²) in [6.07, 6.45) is -0.540. The first-order valence-corrected chi connectivity index (χ1v) is 4.92. The zero-order chi connectivity index (χ0) is 12.0. The van der Waals surface area contributed by atoms with Gasteiger partial charge in [-0.05, 0) is 18.0 Å². The smallest absolute Gasteiger partial charge is 0.101 e. The van der Waals surface area contributed by atoms with Crippen LogP contribution in [-0.2, 0) is 4.74 Å². The van der Waals surface area contributed by atoms with Gasteiger partial charge in [0.05, 0.1) is 12.1 Å². The quantitative estimate of drug-likeness (QED) is 0.429. The lowest BCUT2D eigenvalue weighted by Crippen LogP contribution is -2.20. The summed E-state index contributed by atoms with van der Waals surface area (Å²) in [5, 5.41) is 3.39. The van der Waals surface area contributed by atoms with E-state index in [-0.39, 0.29) is 0 Å². The third kappa shape index (κ3) is 2.95. The van der Waals surface area contributed by atoms with Crippen molar-refractivity contribution in [2.24, 2.45) is 5.11 Å². The molecule has 0 unspecified atom stereocenters. The second-order valence-electron chi connectivity index (χ2n) is 3.49. The first-order valence-electron chi connectivity index (χ1n) is 4.92. The fourth-order valence-electron chi connectivity index (χ4n) is 1.51. The van der Waals surface area contributed by atoms with E-state index in [0.29, 0.717) is 0 Å². The van der Waals surface area contributed by atoms with Crippen LogP contribution in [-0.4, -0.2) is 19.8 Å². The summed E-state index contributed by atoms with van der Waals surface area (Å²) in [6, 6.07) is 6.69. The van der Waals surface area contributed by atoms with Gasteiger partial charge >= 0.3 is 0 Å². The molecular weight excluding hydrogens is 209 g/mol. The van der Waals surface area contributed by atoms with E-state index in [1.165, 1.54) is 7.11 Å². The van der Waals surface area contributed by atoms with Gasteiger partial charge in [-0.2, -0.15) is 0 Å². The predicted octanol–water partition coefficient (Wildman–Crippen LogP) is 3.33. The lowest BCUT2D eigenvalue weighted by Gasteiger charge is -2.20. The number of hydrogen-bond donors (Lipinski definition) is 0. The third-order valence-electron chi connectivity index (χ3n) is 2.37. The molecule has 16 heavy (non-hydrogen) atoms. The Hall–Kier alpha value is -1.58. The molecular formula is C11H14FN3O. The minimum absolute atomic E-state index is 0.540. The van der Waals surface area contributed by atoms with Gasteiger partial charge in [-0.25, -0.2) is 0 Å². The zero-order valence-electron chi connectivity index (χ0n) is 9.30. The SMILES string of the molecule is CO[C@H](c1ccc(C)cc1)[C@@H](CF)N=[N+]=[N-]. The Kier molecular flexibility index (Phi) is 4.76. The number of halogens is 1. The Morgan fingerprint density at radius 2 is 2.06 bits per heavy atom. The van der Waals surface area contributed by atoms with Crippen LogP contribution < -0.4 is 0 Å². The second-order valence-corrected chi connectivity index (χ2v) is 3.49. The molecule has 0 aliphatic heterocycles. The van der Waals surface area contributed by atoms with Crippen molar-refractivity contribution in [2.45, 2.75) is 19.1 Å². The highest BCUT2D eigenvalue weighted by molar-refractivity contribution is 5.24. The number of ether oxygens (including phenoxy) is 1. The van der Waals surface area contributed by atoms with Crippen LogP contribution in [0, 0.1) is 6.92 Å². The van der Waals surface area contributed by atoms with Gasteiger partial charge in [0.15, 0.2) is 0 Å². The van der Waals surface area contributed by atoms with Crippen molar-refractivity contribution >= 4 is 0 Å². The Morgan fingerprint density at radius 1 is 1.44 bits per heavy atom. The van der Waals surface area contributed by atoms with Gasteiger partial charge in [0, 0.05) is 12.0 Å². The van der Waals surface area contributed by atoms with Crippen molar-refractivity contribution in [3.63, 3.8) is 0 Å². The Morgan fingerprint density at radius 3 is 2.50 bits per heavy atom. The summed E-state index contributed by atoms with van der Waals surface area (Å²) in [5.74, 6) is 0. The maximum atomic E-state index is 12.7. The molecule has 2 atom stereocenters. The standard InChI is InChI=1S/C11H14FN3O/c1-8-3-5-9(6-4-8)11(16-2)10(7-12)14-15-13/h3-6,10-11H,7H2,1-2H3/t10-,11-/m1/s1. The minimum atomic E-state index is -0.822. The summed E-state index contributed by atoms with van der Waals surface area (Å²) in [5.41, 5.74) is 10.3.